The Morgan fingerprint density at radius 1 is 1.00 bits per heavy atom. The van der Waals surface area contributed by atoms with Crippen molar-refractivity contribution >= 4 is 45.5 Å². The lowest BCUT2D eigenvalue weighted by atomic mass is 10.0. The molecule has 4 rings (SSSR count). The van der Waals surface area contributed by atoms with Crippen molar-refractivity contribution in [3.8, 4) is 5.75 Å². The SMILES string of the molecule is COC(=O)C1=C(C)N(c2ccc(Br)cc2)C(=O)/C1=C\c1ccc(OCC(=O)N[C@@H](C)c2ccccc2)cc1. The molecule has 1 heterocycles. The maximum atomic E-state index is 13.4. The molecule has 1 aliphatic rings. The maximum Gasteiger partial charge on any atom is 0.340 e. The van der Waals surface area contributed by atoms with Crippen molar-refractivity contribution in [1.82, 2.24) is 5.32 Å². The van der Waals surface area contributed by atoms with Gasteiger partial charge in [-0.1, -0.05) is 58.4 Å². The number of esters is 1. The number of carbonyl (C=O) groups excluding carboxylic acids is 3. The third kappa shape index (κ3) is 6.03. The topological polar surface area (TPSA) is 84.9 Å². The summed E-state index contributed by atoms with van der Waals surface area (Å²) in [6, 6.07) is 23.7. The molecule has 0 unspecified atom stereocenters. The smallest absolute Gasteiger partial charge is 0.340 e. The number of allylic oxidation sites excluding steroid dienone is 1. The van der Waals surface area contributed by atoms with E-state index < -0.39 is 5.97 Å². The van der Waals surface area contributed by atoms with E-state index in [1.807, 2.05) is 49.4 Å². The first-order chi connectivity index (χ1) is 18.3. The highest BCUT2D eigenvalue weighted by Crippen LogP contribution is 2.36. The molecule has 3 aromatic carbocycles. The van der Waals surface area contributed by atoms with E-state index in [-0.39, 0.29) is 35.6 Å². The second-order valence-corrected chi connectivity index (χ2v) is 9.60. The minimum absolute atomic E-state index is 0.132. The van der Waals surface area contributed by atoms with Crippen LogP contribution in [0.4, 0.5) is 5.69 Å². The molecule has 194 valence electrons. The molecular formula is C30H27BrN2O5. The molecule has 0 bridgehead atoms. The minimum atomic E-state index is -0.586. The molecule has 0 aliphatic carbocycles. The number of hydrogen-bond donors (Lipinski definition) is 1. The van der Waals surface area contributed by atoms with Gasteiger partial charge in [-0.2, -0.15) is 0 Å². The summed E-state index contributed by atoms with van der Waals surface area (Å²) in [5.41, 5.74) is 3.28. The van der Waals surface area contributed by atoms with E-state index >= 15 is 0 Å². The predicted octanol–water partition coefficient (Wildman–Crippen LogP) is 5.58. The number of benzene rings is 3. The van der Waals surface area contributed by atoms with Gasteiger partial charge >= 0.3 is 5.97 Å². The van der Waals surface area contributed by atoms with E-state index in [0.717, 1.165) is 10.0 Å². The Kier molecular flexibility index (Phi) is 8.43. The molecule has 0 saturated heterocycles. The largest absolute Gasteiger partial charge is 0.484 e. The molecule has 3 aromatic rings. The highest BCUT2D eigenvalue weighted by Gasteiger charge is 2.37. The third-order valence-electron chi connectivity index (χ3n) is 6.11. The van der Waals surface area contributed by atoms with Crippen LogP contribution >= 0.6 is 15.9 Å². The molecule has 1 atom stereocenters. The zero-order valence-electron chi connectivity index (χ0n) is 21.2. The summed E-state index contributed by atoms with van der Waals surface area (Å²) in [5.74, 6) is -0.642. The number of amides is 2. The van der Waals surface area contributed by atoms with E-state index in [1.54, 1.807) is 49.4 Å². The van der Waals surface area contributed by atoms with Crippen molar-refractivity contribution in [3.05, 3.63) is 111 Å². The van der Waals surface area contributed by atoms with Gasteiger partial charge in [0.25, 0.3) is 11.8 Å². The van der Waals surface area contributed by atoms with Gasteiger partial charge in [-0.25, -0.2) is 4.79 Å². The van der Waals surface area contributed by atoms with Crippen LogP contribution in [0.2, 0.25) is 0 Å². The van der Waals surface area contributed by atoms with Crippen molar-refractivity contribution in [3.63, 3.8) is 0 Å². The van der Waals surface area contributed by atoms with E-state index in [4.69, 9.17) is 9.47 Å². The first-order valence-electron chi connectivity index (χ1n) is 12.0. The van der Waals surface area contributed by atoms with Crippen LogP contribution in [0.5, 0.6) is 5.75 Å². The van der Waals surface area contributed by atoms with Gasteiger partial charge in [-0.3, -0.25) is 14.5 Å². The lowest BCUT2D eigenvalue weighted by Gasteiger charge is -2.18. The predicted molar refractivity (Wildman–Crippen MR) is 149 cm³/mol. The number of halogens is 1. The number of rotatable bonds is 8. The van der Waals surface area contributed by atoms with Gasteiger partial charge in [0.15, 0.2) is 6.61 Å². The molecule has 7 nitrogen and oxygen atoms in total. The third-order valence-corrected chi connectivity index (χ3v) is 6.64. The molecule has 0 saturated carbocycles. The second-order valence-electron chi connectivity index (χ2n) is 8.68. The Balaban J connectivity index is 1.47. The monoisotopic (exact) mass is 574 g/mol. The minimum Gasteiger partial charge on any atom is -0.484 e. The fourth-order valence-electron chi connectivity index (χ4n) is 4.17. The molecule has 1 aliphatic heterocycles. The molecule has 38 heavy (non-hydrogen) atoms. The quantitative estimate of drug-likeness (QED) is 0.280. The van der Waals surface area contributed by atoms with Crippen LogP contribution in [0, 0.1) is 0 Å². The zero-order valence-corrected chi connectivity index (χ0v) is 22.8. The number of carbonyl (C=O) groups is 3. The second kappa shape index (κ2) is 11.9. The van der Waals surface area contributed by atoms with Gasteiger partial charge in [0.2, 0.25) is 0 Å². The average Bonchev–Trinajstić information content (AvgIpc) is 3.17. The first kappa shape index (κ1) is 26.9. The molecule has 0 radical (unpaired) electrons. The Morgan fingerprint density at radius 3 is 2.29 bits per heavy atom. The average molecular weight is 575 g/mol. The summed E-state index contributed by atoms with van der Waals surface area (Å²) < 4.78 is 11.5. The lowest BCUT2D eigenvalue weighted by molar-refractivity contribution is -0.136. The number of nitrogens with one attached hydrogen (secondary N) is 1. The van der Waals surface area contributed by atoms with Crippen molar-refractivity contribution in [2.45, 2.75) is 19.9 Å². The van der Waals surface area contributed by atoms with Crippen molar-refractivity contribution in [1.29, 1.82) is 0 Å². The number of nitrogens with zero attached hydrogens (tertiary/aromatic N) is 1. The van der Waals surface area contributed by atoms with Crippen LogP contribution in [0.15, 0.2) is 100 Å². The number of anilines is 1. The Morgan fingerprint density at radius 2 is 1.66 bits per heavy atom. The number of ether oxygens (including phenoxy) is 2. The summed E-state index contributed by atoms with van der Waals surface area (Å²) in [7, 11) is 1.29. The lowest BCUT2D eigenvalue weighted by Crippen LogP contribution is -2.31. The van der Waals surface area contributed by atoms with E-state index in [1.165, 1.54) is 12.0 Å². The summed E-state index contributed by atoms with van der Waals surface area (Å²) >= 11 is 3.40. The Bertz CT molecular complexity index is 1400. The molecule has 0 spiro atoms. The van der Waals surface area contributed by atoms with Gasteiger partial charge in [-0.15, -0.1) is 0 Å². The van der Waals surface area contributed by atoms with Crippen LogP contribution in [0.25, 0.3) is 6.08 Å². The number of methoxy groups -OCH3 is 1. The molecule has 8 heteroatoms. The Labute approximate surface area is 229 Å². The van der Waals surface area contributed by atoms with E-state index in [0.29, 0.717) is 22.7 Å². The summed E-state index contributed by atoms with van der Waals surface area (Å²) in [6.45, 7) is 3.50. The first-order valence-corrected chi connectivity index (χ1v) is 12.8. The van der Waals surface area contributed by atoms with Crippen molar-refractivity contribution in [2.75, 3.05) is 18.6 Å². The van der Waals surface area contributed by atoms with Crippen LogP contribution in [0.3, 0.4) is 0 Å². The zero-order chi connectivity index (χ0) is 27.2. The maximum absolute atomic E-state index is 13.4. The summed E-state index contributed by atoms with van der Waals surface area (Å²) in [4.78, 5) is 39.8. The highest BCUT2D eigenvalue weighted by atomic mass is 79.9. The standard InChI is InChI=1S/C30H27BrN2O5/c1-19(22-7-5-4-6-8-22)32-27(34)18-38-25-15-9-21(10-16-25)17-26-28(30(36)37-3)20(2)33(29(26)35)24-13-11-23(31)12-14-24/h4-17,19H,18H2,1-3H3,(H,32,34)/b26-17-/t19-/m0/s1. The van der Waals surface area contributed by atoms with Gasteiger partial charge < -0.3 is 14.8 Å². The van der Waals surface area contributed by atoms with E-state index in [9.17, 15) is 14.4 Å². The van der Waals surface area contributed by atoms with Crippen molar-refractivity contribution < 1.29 is 23.9 Å². The van der Waals surface area contributed by atoms with Gasteiger partial charge in [0, 0.05) is 15.9 Å². The van der Waals surface area contributed by atoms with Crippen LogP contribution in [-0.2, 0) is 19.1 Å². The molecule has 2 amide bonds. The van der Waals surface area contributed by atoms with Crippen LogP contribution in [0.1, 0.15) is 31.0 Å². The fourth-order valence-corrected chi connectivity index (χ4v) is 4.43. The highest BCUT2D eigenvalue weighted by molar-refractivity contribution is 9.10. The number of hydrogen-bond acceptors (Lipinski definition) is 5. The molecule has 1 N–H and O–H groups in total. The summed E-state index contributed by atoms with van der Waals surface area (Å²) in [6.07, 6.45) is 1.65. The summed E-state index contributed by atoms with van der Waals surface area (Å²) in [5, 5.41) is 2.91. The van der Waals surface area contributed by atoms with Crippen LogP contribution in [-0.4, -0.2) is 31.5 Å². The van der Waals surface area contributed by atoms with Gasteiger partial charge in [0.05, 0.1) is 24.3 Å². The molecule has 0 fully saturated rings. The van der Waals surface area contributed by atoms with Crippen LogP contribution < -0.4 is 15.0 Å². The van der Waals surface area contributed by atoms with Gasteiger partial charge in [-0.05, 0) is 67.4 Å². The fraction of sp³-hybridized carbons (Fsp3) is 0.167. The van der Waals surface area contributed by atoms with Gasteiger partial charge in [0.1, 0.15) is 5.75 Å². The normalized spacial score (nSPS) is 15.0. The Hall–Kier alpha value is -4.17. The molecular weight excluding hydrogens is 548 g/mol. The molecule has 0 aromatic heterocycles. The van der Waals surface area contributed by atoms with E-state index in [2.05, 4.69) is 21.2 Å². The van der Waals surface area contributed by atoms with Crippen molar-refractivity contribution in [2.24, 2.45) is 0 Å².